The van der Waals surface area contributed by atoms with Gasteiger partial charge in [-0.15, -0.1) is 0 Å². The van der Waals surface area contributed by atoms with E-state index in [1.807, 2.05) is 13.8 Å². The molecule has 176 valence electrons. The lowest BCUT2D eigenvalue weighted by Gasteiger charge is -2.18. The number of aliphatic imine (C=N–C) groups is 1. The van der Waals surface area contributed by atoms with Gasteiger partial charge in [0.2, 0.25) is 0 Å². The number of nitrogens with one attached hydrogen (secondary N) is 1. The molecule has 1 rings (SSSR count). The maximum absolute atomic E-state index is 10.3. The number of aliphatic carboxylic acids is 3. The van der Waals surface area contributed by atoms with Crippen molar-refractivity contribution in [1.82, 2.24) is 5.32 Å². The lowest BCUT2D eigenvalue weighted by Crippen LogP contribution is -2.40. The van der Waals surface area contributed by atoms with Gasteiger partial charge in [-0.3, -0.25) is 19.4 Å². The number of hydrogen-bond acceptors (Lipinski definition) is 7. The molecule has 4 atom stereocenters. The summed E-state index contributed by atoms with van der Waals surface area (Å²) in [4.78, 5) is 34.4. The minimum atomic E-state index is -1.00. The molecule has 0 aliphatic carbocycles. The zero-order valence-corrected chi connectivity index (χ0v) is 17.8. The number of rotatable bonds is 9. The molecule has 1 aliphatic heterocycles. The first-order valence-electron chi connectivity index (χ1n) is 9.92. The Balaban J connectivity index is 0. The van der Waals surface area contributed by atoms with Gasteiger partial charge in [0.25, 0.3) is 0 Å². The Morgan fingerprint density at radius 3 is 2.00 bits per heavy atom. The minimum absolute atomic E-state index is 0.0129. The second kappa shape index (κ2) is 17.4. The van der Waals surface area contributed by atoms with Gasteiger partial charge < -0.3 is 43.6 Å². The Hall–Kier alpha value is -2.44. The molecular formula is C18H38N6O6. The fourth-order valence-corrected chi connectivity index (χ4v) is 2.20. The molecule has 1 fully saturated rings. The summed E-state index contributed by atoms with van der Waals surface area (Å²) in [5.74, 6) is -2.54. The molecule has 0 saturated carbocycles. The first kappa shape index (κ1) is 29.8. The summed E-state index contributed by atoms with van der Waals surface area (Å²) >= 11 is 0. The third-order valence-corrected chi connectivity index (χ3v) is 4.44. The number of piperidine rings is 1. The van der Waals surface area contributed by atoms with Crippen LogP contribution < -0.4 is 28.3 Å². The molecule has 0 amide bonds. The maximum atomic E-state index is 10.3. The van der Waals surface area contributed by atoms with Crippen molar-refractivity contribution in [3.05, 3.63) is 0 Å². The standard InChI is InChI=1S/C6H14N4O2.C6H11NO2.C6H13NO2/c7-4(5(11)12)2-1-3-10-6(8)9;8-6(9)5-3-1-2-4-7-5;1-3-4(2)5(7)6(8)9/h4H,1-3,7H2,(H,11,12)(H4,8,9,10);5,7H,1-4H2,(H,8,9);4-5H,3,7H2,1-2H3,(H,8,9)/t4-;5-;4-,5-/m000/s1. The predicted molar refractivity (Wildman–Crippen MR) is 114 cm³/mol. The highest BCUT2D eigenvalue weighted by Gasteiger charge is 2.18. The molecule has 0 aromatic heterocycles. The minimum Gasteiger partial charge on any atom is -0.480 e. The quantitative estimate of drug-likeness (QED) is 0.126. The van der Waals surface area contributed by atoms with Crippen LogP contribution in [0.15, 0.2) is 4.99 Å². The molecule has 0 aromatic rings. The van der Waals surface area contributed by atoms with Crippen molar-refractivity contribution >= 4 is 23.9 Å². The van der Waals surface area contributed by atoms with Crippen LogP contribution in [0.2, 0.25) is 0 Å². The van der Waals surface area contributed by atoms with Crippen LogP contribution in [0.4, 0.5) is 0 Å². The number of nitrogens with zero attached hydrogens (tertiary/aromatic N) is 1. The average molecular weight is 435 g/mol. The summed E-state index contributed by atoms with van der Waals surface area (Å²) in [6.45, 7) is 5.03. The highest BCUT2D eigenvalue weighted by Crippen LogP contribution is 2.06. The van der Waals surface area contributed by atoms with Crippen LogP contribution in [0, 0.1) is 5.92 Å². The average Bonchev–Trinajstić information content (AvgIpc) is 2.71. The number of guanidine groups is 1. The van der Waals surface area contributed by atoms with Crippen molar-refractivity contribution in [2.45, 2.75) is 70.5 Å². The molecule has 12 heteroatoms. The number of carboxylic acids is 3. The number of carbonyl (C=O) groups is 3. The molecule has 1 heterocycles. The highest BCUT2D eigenvalue weighted by atomic mass is 16.4. The molecule has 0 bridgehead atoms. The van der Waals surface area contributed by atoms with Crippen LogP contribution in [0.25, 0.3) is 0 Å². The smallest absolute Gasteiger partial charge is 0.320 e. The lowest BCUT2D eigenvalue weighted by molar-refractivity contribution is -0.140. The van der Waals surface area contributed by atoms with E-state index in [0.717, 1.165) is 32.2 Å². The van der Waals surface area contributed by atoms with Crippen molar-refractivity contribution in [2.75, 3.05) is 13.1 Å². The van der Waals surface area contributed by atoms with Crippen LogP contribution in [-0.2, 0) is 14.4 Å². The number of hydrogen-bond donors (Lipinski definition) is 8. The SMILES string of the molecule is CC[C@H](C)[C@H](N)C(=O)O.NC(N)=NCCC[C@H](N)C(=O)O.O=C(O)[C@@H]1CCCCN1. The van der Waals surface area contributed by atoms with E-state index < -0.39 is 30.0 Å². The molecule has 0 spiro atoms. The predicted octanol–water partition coefficient (Wildman–Crippen LogP) is -0.891. The summed E-state index contributed by atoms with van der Waals surface area (Å²) in [6.07, 6.45) is 4.72. The van der Waals surface area contributed by atoms with E-state index in [1.54, 1.807) is 0 Å². The van der Waals surface area contributed by atoms with E-state index >= 15 is 0 Å². The fourth-order valence-electron chi connectivity index (χ4n) is 2.20. The van der Waals surface area contributed by atoms with Crippen molar-refractivity contribution in [1.29, 1.82) is 0 Å². The third kappa shape index (κ3) is 16.5. The van der Waals surface area contributed by atoms with Gasteiger partial charge in [-0.1, -0.05) is 26.7 Å². The first-order chi connectivity index (χ1) is 13.9. The number of nitrogens with two attached hydrogens (primary N) is 4. The van der Waals surface area contributed by atoms with Crippen LogP contribution >= 0.6 is 0 Å². The van der Waals surface area contributed by atoms with E-state index in [-0.39, 0.29) is 17.9 Å². The molecule has 0 aromatic carbocycles. The van der Waals surface area contributed by atoms with Gasteiger partial charge >= 0.3 is 17.9 Å². The Morgan fingerprint density at radius 2 is 1.70 bits per heavy atom. The summed E-state index contributed by atoms with van der Waals surface area (Å²) in [5.41, 5.74) is 20.6. The highest BCUT2D eigenvalue weighted by molar-refractivity contribution is 5.75. The van der Waals surface area contributed by atoms with Gasteiger partial charge in [0, 0.05) is 6.54 Å². The van der Waals surface area contributed by atoms with Crippen molar-refractivity contribution in [3.63, 3.8) is 0 Å². The van der Waals surface area contributed by atoms with Gasteiger partial charge in [0.15, 0.2) is 5.96 Å². The summed E-state index contributed by atoms with van der Waals surface area (Å²) in [5, 5.41) is 28.1. The van der Waals surface area contributed by atoms with Crippen molar-refractivity contribution in [2.24, 2.45) is 33.8 Å². The summed E-state index contributed by atoms with van der Waals surface area (Å²) in [6, 6.07) is -1.80. The topological polar surface area (TPSA) is 240 Å². The van der Waals surface area contributed by atoms with E-state index in [4.69, 9.17) is 38.3 Å². The lowest BCUT2D eigenvalue weighted by atomic mass is 10.0. The Kier molecular flexibility index (Phi) is 17.3. The van der Waals surface area contributed by atoms with Gasteiger partial charge in [0.1, 0.15) is 18.1 Å². The van der Waals surface area contributed by atoms with Crippen molar-refractivity contribution in [3.8, 4) is 0 Å². The molecule has 12 N–H and O–H groups in total. The Morgan fingerprint density at radius 1 is 1.10 bits per heavy atom. The molecule has 0 radical (unpaired) electrons. The molecule has 12 nitrogen and oxygen atoms in total. The van der Waals surface area contributed by atoms with Crippen LogP contribution in [0.5, 0.6) is 0 Å². The van der Waals surface area contributed by atoms with Crippen LogP contribution in [-0.4, -0.2) is 70.4 Å². The molecule has 0 unspecified atom stereocenters. The molecular weight excluding hydrogens is 396 g/mol. The van der Waals surface area contributed by atoms with Gasteiger partial charge in [-0.05, 0) is 38.1 Å². The molecule has 30 heavy (non-hydrogen) atoms. The summed E-state index contributed by atoms with van der Waals surface area (Å²) in [7, 11) is 0. The fraction of sp³-hybridized carbons (Fsp3) is 0.778. The summed E-state index contributed by atoms with van der Waals surface area (Å²) < 4.78 is 0. The second-order valence-corrected chi connectivity index (χ2v) is 6.98. The van der Waals surface area contributed by atoms with E-state index in [2.05, 4.69) is 10.3 Å². The maximum Gasteiger partial charge on any atom is 0.320 e. The first-order valence-corrected chi connectivity index (χ1v) is 9.92. The normalized spacial score (nSPS) is 18.2. The Bertz CT molecular complexity index is 523. The Labute approximate surface area is 177 Å². The van der Waals surface area contributed by atoms with E-state index in [9.17, 15) is 14.4 Å². The molecule has 1 aliphatic rings. The number of carboxylic acid groups (broad SMARTS) is 3. The third-order valence-electron chi connectivity index (χ3n) is 4.44. The zero-order chi connectivity index (χ0) is 23.7. The van der Waals surface area contributed by atoms with Crippen molar-refractivity contribution < 1.29 is 29.7 Å². The molecule has 1 saturated heterocycles. The van der Waals surface area contributed by atoms with Gasteiger partial charge in [0.05, 0.1) is 0 Å². The van der Waals surface area contributed by atoms with E-state index in [0.29, 0.717) is 19.4 Å². The zero-order valence-electron chi connectivity index (χ0n) is 17.8. The van der Waals surface area contributed by atoms with Gasteiger partial charge in [-0.25, -0.2) is 0 Å². The van der Waals surface area contributed by atoms with Crippen LogP contribution in [0.1, 0.15) is 52.4 Å². The van der Waals surface area contributed by atoms with Gasteiger partial charge in [-0.2, -0.15) is 0 Å². The van der Waals surface area contributed by atoms with Crippen LogP contribution in [0.3, 0.4) is 0 Å². The second-order valence-electron chi connectivity index (χ2n) is 6.98. The van der Waals surface area contributed by atoms with E-state index in [1.165, 1.54) is 0 Å². The monoisotopic (exact) mass is 434 g/mol. The largest absolute Gasteiger partial charge is 0.480 e.